The van der Waals surface area contributed by atoms with E-state index < -0.39 is 11.9 Å². The monoisotopic (exact) mass is 360 g/mol. The minimum Gasteiger partial charge on any atom is -0.478 e. The number of carboxylic acids is 2. The van der Waals surface area contributed by atoms with E-state index in [0.29, 0.717) is 17.5 Å². The van der Waals surface area contributed by atoms with Crippen molar-refractivity contribution in [1.29, 1.82) is 0 Å². The Morgan fingerprint density at radius 1 is 0.692 bits per heavy atom. The van der Waals surface area contributed by atoms with Crippen LogP contribution in [0.5, 0.6) is 0 Å². The van der Waals surface area contributed by atoms with Crippen LogP contribution in [0.3, 0.4) is 0 Å². The van der Waals surface area contributed by atoms with Crippen molar-refractivity contribution in [2.45, 2.75) is 37.9 Å². The lowest BCUT2D eigenvalue weighted by molar-refractivity contribution is 0.0406. The molecule has 6 nitrogen and oxygen atoms in total. The van der Waals surface area contributed by atoms with Crippen molar-refractivity contribution in [3.63, 3.8) is 0 Å². The molecule has 1 aliphatic rings. The molecule has 2 aromatic rings. The van der Waals surface area contributed by atoms with Gasteiger partial charge in [0, 0.05) is 0 Å². The van der Waals surface area contributed by atoms with Gasteiger partial charge in [-0.25, -0.2) is 9.59 Å². The zero-order valence-electron chi connectivity index (χ0n) is 14.4. The van der Waals surface area contributed by atoms with Gasteiger partial charge in [0.25, 0.3) is 0 Å². The Kier molecular flexibility index (Phi) is 9.67. The van der Waals surface area contributed by atoms with Crippen LogP contribution in [0.2, 0.25) is 0 Å². The Bertz CT molecular complexity index is 599. The van der Waals surface area contributed by atoms with Gasteiger partial charge in [-0.2, -0.15) is 0 Å². The summed E-state index contributed by atoms with van der Waals surface area (Å²) in [4.78, 5) is 20.4. The number of benzene rings is 2. The van der Waals surface area contributed by atoms with Crippen molar-refractivity contribution >= 4 is 11.9 Å². The number of hydrogen-bond acceptors (Lipinski definition) is 4. The highest BCUT2D eigenvalue weighted by Crippen LogP contribution is 2.17. The van der Waals surface area contributed by atoms with Gasteiger partial charge in [-0.1, -0.05) is 36.4 Å². The van der Waals surface area contributed by atoms with Gasteiger partial charge in [0.2, 0.25) is 0 Å². The van der Waals surface area contributed by atoms with Crippen LogP contribution in [0.4, 0.5) is 0 Å². The molecule has 0 aromatic heterocycles. The summed E-state index contributed by atoms with van der Waals surface area (Å²) in [5, 5.41) is 34.6. The molecule has 1 saturated carbocycles. The summed E-state index contributed by atoms with van der Waals surface area (Å²) >= 11 is 0. The van der Waals surface area contributed by atoms with Gasteiger partial charge in [-0.05, 0) is 49.9 Å². The van der Waals surface area contributed by atoms with Crippen LogP contribution in [0, 0.1) is 0 Å². The summed E-state index contributed by atoms with van der Waals surface area (Å²) in [6.07, 6.45) is 2.83. The van der Waals surface area contributed by atoms with Gasteiger partial charge in [0.15, 0.2) is 0 Å². The molecule has 0 radical (unpaired) electrons. The molecular weight excluding hydrogens is 336 g/mol. The lowest BCUT2D eigenvalue weighted by Gasteiger charge is -2.20. The third-order valence-corrected chi connectivity index (χ3v) is 3.66. The number of aromatic carboxylic acids is 2. The molecule has 2 aromatic carbocycles. The topological polar surface area (TPSA) is 115 Å². The Morgan fingerprint density at radius 2 is 1.04 bits per heavy atom. The van der Waals surface area contributed by atoms with Gasteiger partial charge < -0.3 is 20.4 Å². The first-order valence-electron chi connectivity index (χ1n) is 8.33. The van der Waals surface area contributed by atoms with E-state index in [4.69, 9.17) is 20.4 Å². The Morgan fingerprint density at radius 3 is 1.23 bits per heavy atom. The van der Waals surface area contributed by atoms with Crippen molar-refractivity contribution in [2.24, 2.45) is 0 Å². The molecule has 1 aliphatic carbocycles. The van der Waals surface area contributed by atoms with Crippen LogP contribution >= 0.6 is 0 Å². The molecule has 0 aliphatic heterocycles. The molecule has 4 N–H and O–H groups in total. The number of hydrogen-bond donors (Lipinski definition) is 4. The molecule has 0 heterocycles. The van der Waals surface area contributed by atoms with Crippen LogP contribution in [-0.4, -0.2) is 44.6 Å². The number of aliphatic hydroxyl groups excluding tert-OH is 2. The van der Waals surface area contributed by atoms with Gasteiger partial charge in [0.05, 0.1) is 23.3 Å². The molecule has 2 atom stereocenters. The predicted molar refractivity (Wildman–Crippen MR) is 97.3 cm³/mol. The van der Waals surface area contributed by atoms with Crippen molar-refractivity contribution in [3.05, 3.63) is 71.8 Å². The van der Waals surface area contributed by atoms with Crippen LogP contribution < -0.4 is 0 Å². The van der Waals surface area contributed by atoms with Crippen molar-refractivity contribution < 1.29 is 30.0 Å². The van der Waals surface area contributed by atoms with E-state index in [2.05, 4.69) is 0 Å². The van der Waals surface area contributed by atoms with Crippen molar-refractivity contribution in [2.75, 3.05) is 0 Å². The average Bonchev–Trinajstić information content (AvgIpc) is 2.64. The third kappa shape index (κ3) is 8.96. The number of rotatable bonds is 2. The van der Waals surface area contributed by atoms with E-state index in [1.807, 2.05) is 0 Å². The first-order chi connectivity index (χ1) is 12.4. The van der Waals surface area contributed by atoms with E-state index in [0.717, 1.165) is 19.3 Å². The maximum Gasteiger partial charge on any atom is 0.335 e. The number of carboxylic acid groups (broad SMARTS) is 2. The zero-order valence-corrected chi connectivity index (χ0v) is 14.4. The smallest absolute Gasteiger partial charge is 0.335 e. The Hall–Kier alpha value is -2.70. The summed E-state index contributed by atoms with van der Waals surface area (Å²) in [6, 6.07) is 16.6. The summed E-state index contributed by atoms with van der Waals surface area (Å²) < 4.78 is 0. The van der Waals surface area contributed by atoms with E-state index in [-0.39, 0.29) is 12.2 Å². The highest BCUT2D eigenvalue weighted by Gasteiger charge is 2.16. The van der Waals surface area contributed by atoms with E-state index in [9.17, 15) is 9.59 Å². The first-order valence-corrected chi connectivity index (χ1v) is 8.33. The van der Waals surface area contributed by atoms with Crippen LogP contribution in [0.25, 0.3) is 0 Å². The minimum atomic E-state index is -0.879. The highest BCUT2D eigenvalue weighted by molar-refractivity contribution is 5.87. The molecule has 26 heavy (non-hydrogen) atoms. The lowest BCUT2D eigenvalue weighted by Crippen LogP contribution is -2.22. The average molecular weight is 360 g/mol. The van der Waals surface area contributed by atoms with Crippen LogP contribution in [0.15, 0.2) is 60.7 Å². The molecule has 0 saturated heterocycles. The molecule has 0 spiro atoms. The van der Waals surface area contributed by atoms with Crippen molar-refractivity contribution in [3.8, 4) is 0 Å². The molecule has 3 rings (SSSR count). The summed E-state index contributed by atoms with van der Waals surface area (Å²) in [5.74, 6) is -1.76. The molecular formula is C20H24O6. The zero-order chi connectivity index (χ0) is 19.4. The van der Waals surface area contributed by atoms with Crippen molar-refractivity contribution in [1.82, 2.24) is 0 Å². The second-order valence-electron chi connectivity index (χ2n) is 5.82. The first kappa shape index (κ1) is 21.3. The standard InChI is InChI=1S/2C7H6O2.C6H12O2/c2*8-7(9)6-4-2-1-3-5-6;7-5-2-1-3-6(8)4-5/h2*1-5H,(H,8,9);5-8H,1-4H2. The van der Waals surface area contributed by atoms with E-state index >= 15 is 0 Å². The van der Waals surface area contributed by atoms with E-state index in [1.165, 1.54) is 0 Å². The van der Waals surface area contributed by atoms with Gasteiger partial charge in [-0.3, -0.25) is 0 Å². The largest absolute Gasteiger partial charge is 0.478 e. The van der Waals surface area contributed by atoms with Gasteiger partial charge in [-0.15, -0.1) is 0 Å². The molecule has 0 bridgehead atoms. The Balaban J connectivity index is 0.000000195. The normalized spacial score (nSPS) is 18.4. The van der Waals surface area contributed by atoms with Gasteiger partial charge >= 0.3 is 11.9 Å². The fourth-order valence-electron chi connectivity index (χ4n) is 2.30. The quantitative estimate of drug-likeness (QED) is 0.654. The number of aliphatic hydroxyl groups is 2. The maximum absolute atomic E-state index is 10.2. The molecule has 6 heteroatoms. The number of carbonyl (C=O) groups is 2. The SMILES string of the molecule is O=C(O)c1ccccc1.O=C(O)c1ccccc1.OC1CCCC(O)C1. The molecule has 2 unspecified atom stereocenters. The Labute approximate surface area is 152 Å². The highest BCUT2D eigenvalue weighted by atomic mass is 16.4. The second-order valence-corrected chi connectivity index (χ2v) is 5.82. The van der Waals surface area contributed by atoms with Crippen LogP contribution in [0.1, 0.15) is 46.4 Å². The predicted octanol–water partition coefficient (Wildman–Crippen LogP) is 3.05. The minimum absolute atomic E-state index is 0.237. The maximum atomic E-state index is 10.2. The fraction of sp³-hybridized carbons (Fsp3) is 0.300. The van der Waals surface area contributed by atoms with Crippen LogP contribution in [-0.2, 0) is 0 Å². The third-order valence-electron chi connectivity index (χ3n) is 3.66. The molecule has 1 fully saturated rings. The fourth-order valence-corrected chi connectivity index (χ4v) is 2.30. The summed E-state index contributed by atoms with van der Waals surface area (Å²) in [5.41, 5.74) is 0.662. The summed E-state index contributed by atoms with van der Waals surface area (Å²) in [6.45, 7) is 0. The van der Waals surface area contributed by atoms with Gasteiger partial charge in [0.1, 0.15) is 0 Å². The summed E-state index contributed by atoms with van der Waals surface area (Å²) in [7, 11) is 0. The molecule has 140 valence electrons. The molecule has 0 amide bonds. The second kappa shape index (κ2) is 11.8. The lowest BCUT2D eigenvalue weighted by atomic mass is 9.95. The van der Waals surface area contributed by atoms with E-state index in [1.54, 1.807) is 60.7 Å².